The highest BCUT2D eigenvalue weighted by molar-refractivity contribution is 9.11. The second-order valence-corrected chi connectivity index (χ2v) is 9.59. The van der Waals surface area contributed by atoms with Crippen molar-refractivity contribution in [2.45, 2.75) is 13.1 Å². The second-order valence-electron chi connectivity index (χ2n) is 6.69. The molecule has 0 aliphatic heterocycles. The van der Waals surface area contributed by atoms with E-state index in [4.69, 9.17) is 11.6 Å². The third-order valence-electron chi connectivity index (χ3n) is 4.62. The van der Waals surface area contributed by atoms with Crippen LogP contribution in [0.15, 0.2) is 70.5 Å². The van der Waals surface area contributed by atoms with E-state index in [0.29, 0.717) is 23.8 Å². The van der Waals surface area contributed by atoms with Crippen molar-refractivity contribution in [3.05, 3.63) is 92.4 Å². The van der Waals surface area contributed by atoms with Gasteiger partial charge in [0.1, 0.15) is 5.69 Å². The molecule has 28 heavy (non-hydrogen) atoms. The third-order valence-corrected chi connectivity index (χ3v) is 6.43. The molecule has 0 aliphatic rings. The van der Waals surface area contributed by atoms with Gasteiger partial charge in [0, 0.05) is 25.2 Å². The van der Waals surface area contributed by atoms with Crippen molar-refractivity contribution in [2.75, 3.05) is 7.05 Å². The molecule has 0 atom stereocenters. The number of rotatable bonds is 5. The first-order chi connectivity index (χ1) is 13.5. The molecule has 1 amide bonds. The Kier molecular flexibility index (Phi) is 5.58. The van der Waals surface area contributed by atoms with Gasteiger partial charge in [0.05, 0.1) is 14.0 Å². The summed E-state index contributed by atoms with van der Waals surface area (Å²) < 4.78 is 4.21. The summed E-state index contributed by atoms with van der Waals surface area (Å²) in [5.41, 5.74) is 3.91. The van der Waals surface area contributed by atoms with Crippen LogP contribution in [0.5, 0.6) is 0 Å². The Morgan fingerprint density at radius 1 is 1.07 bits per heavy atom. The van der Waals surface area contributed by atoms with Crippen LogP contribution in [-0.2, 0) is 13.1 Å². The predicted molar refractivity (Wildman–Crippen MR) is 120 cm³/mol. The average molecular weight is 474 g/mol. The van der Waals surface area contributed by atoms with Gasteiger partial charge in [-0.15, -0.1) is 11.3 Å². The SMILES string of the molecule is CN(Cc1ccccc1)C(=O)c1cc2sc(Br)cc2n1Cc1cccc(Cl)c1. The summed E-state index contributed by atoms with van der Waals surface area (Å²) in [6, 6.07) is 21.8. The van der Waals surface area contributed by atoms with E-state index in [1.165, 1.54) is 0 Å². The highest BCUT2D eigenvalue weighted by atomic mass is 79.9. The number of fused-ring (bicyclic) bond motifs is 1. The van der Waals surface area contributed by atoms with Crippen molar-refractivity contribution in [1.82, 2.24) is 9.47 Å². The predicted octanol–water partition coefficient (Wildman–Crippen LogP) is 6.44. The van der Waals surface area contributed by atoms with Crippen molar-refractivity contribution in [3.63, 3.8) is 0 Å². The van der Waals surface area contributed by atoms with E-state index in [1.54, 1.807) is 16.2 Å². The summed E-state index contributed by atoms with van der Waals surface area (Å²) in [4.78, 5) is 15.0. The zero-order valence-electron chi connectivity index (χ0n) is 15.2. The van der Waals surface area contributed by atoms with E-state index in [-0.39, 0.29) is 5.91 Å². The number of hydrogen-bond acceptors (Lipinski definition) is 2. The molecule has 3 nitrogen and oxygen atoms in total. The van der Waals surface area contributed by atoms with Gasteiger partial charge in [0.2, 0.25) is 0 Å². The van der Waals surface area contributed by atoms with E-state index < -0.39 is 0 Å². The summed E-state index contributed by atoms with van der Waals surface area (Å²) in [6.07, 6.45) is 0. The van der Waals surface area contributed by atoms with Gasteiger partial charge in [0.15, 0.2) is 0 Å². The molecule has 0 saturated heterocycles. The molecule has 6 heteroatoms. The number of carbonyl (C=O) groups excluding carboxylic acids is 1. The molecule has 0 radical (unpaired) electrons. The number of hydrogen-bond donors (Lipinski definition) is 0. The third kappa shape index (κ3) is 4.02. The molecule has 0 N–H and O–H groups in total. The summed E-state index contributed by atoms with van der Waals surface area (Å²) in [7, 11) is 1.84. The molecule has 4 rings (SSSR count). The van der Waals surface area contributed by atoms with Crippen molar-refractivity contribution >= 4 is 55.0 Å². The van der Waals surface area contributed by atoms with Gasteiger partial charge in [-0.3, -0.25) is 4.79 Å². The molecule has 0 spiro atoms. The van der Waals surface area contributed by atoms with Crippen LogP contribution in [0.4, 0.5) is 0 Å². The standard InChI is InChI=1S/C22H18BrClN2OS/c1-25(13-15-6-3-2-4-7-15)22(27)19-11-20-18(12-21(23)28-20)26(19)14-16-8-5-9-17(24)10-16/h2-12H,13-14H2,1H3. The minimum Gasteiger partial charge on any atom is -0.336 e. The molecule has 0 bridgehead atoms. The number of carbonyl (C=O) groups is 1. The van der Waals surface area contributed by atoms with Gasteiger partial charge in [-0.25, -0.2) is 0 Å². The highest BCUT2D eigenvalue weighted by Crippen LogP contribution is 2.33. The molecule has 0 fully saturated rings. The maximum atomic E-state index is 13.3. The topological polar surface area (TPSA) is 25.2 Å². The first-order valence-electron chi connectivity index (χ1n) is 8.83. The van der Waals surface area contributed by atoms with Gasteiger partial charge in [-0.1, -0.05) is 54.1 Å². The maximum Gasteiger partial charge on any atom is 0.270 e. The van der Waals surface area contributed by atoms with Gasteiger partial charge in [0.25, 0.3) is 5.91 Å². The van der Waals surface area contributed by atoms with Crippen LogP contribution < -0.4 is 0 Å². The lowest BCUT2D eigenvalue weighted by atomic mass is 10.2. The lowest BCUT2D eigenvalue weighted by molar-refractivity contribution is 0.0775. The molecule has 0 unspecified atom stereocenters. The van der Waals surface area contributed by atoms with Gasteiger partial charge in [-0.05, 0) is 51.3 Å². The number of nitrogens with zero attached hydrogens (tertiary/aromatic N) is 2. The minimum atomic E-state index is 0.00500. The smallest absolute Gasteiger partial charge is 0.270 e. The van der Waals surface area contributed by atoms with Crippen molar-refractivity contribution in [1.29, 1.82) is 0 Å². The van der Waals surface area contributed by atoms with Crippen LogP contribution in [0.3, 0.4) is 0 Å². The van der Waals surface area contributed by atoms with Crippen LogP contribution in [0.25, 0.3) is 10.2 Å². The van der Waals surface area contributed by atoms with Crippen molar-refractivity contribution < 1.29 is 4.79 Å². The summed E-state index contributed by atoms with van der Waals surface area (Å²) in [6.45, 7) is 1.16. The first-order valence-corrected chi connectivity index (χ1v) is 10.8. The number of benzene rings is 2. The summed E-state index contributed by atoms with van der Waals surface area (Å²) in [5.74, 6) is 0.00500. The van der Waals surface area contributed by atoms with E-state index in [2.05, 4.69) is 26.6 Å². The molecule has 2 aromatic carbocycles. The molecule has 4 aromatic rings. The Morgan fingerprint density at radius 2 is 1.82 bits per heavy atom. The molecule has 142 valence electrons. The van der Waals surface area contributed by atoms with Crippen molar-refractivity contribution in [2.24, 2.45) is 0 Å². The maximum absolute atomic E-state index is 13.3. The van der Waals surface area contributed by atoms with Crippen molar-refractivity contribution in [3.8, 4) is 0 Å². The van der Waals surface area contributed by atoms with Crippen LogP contribution in [0.2, 0.25) is 5.02 Å². The lowest BCUT2D eigenvalue weighted by Crippen LogP contribution is -2.28. The number of aromatic nitrogens is 1. The minimum absolute atomic E-state index is 0.00500. The Bertz CT molecular complexity index is 1140. The van der Waals surface area contributed by atoms with E-state index >= 15 is 0 Å². The van der Waals surface area contributed by atoms with Crippen LogP contribution in [0, 0.1) is 0 Å². The van der Waals surface area contributed by atoms with E-state index in [0.717, 1.165) is 25.1 Å². The molecule has 0 aliphatic carbocycles. The first kappa shape index (κ1) is 19.2. The molecule has 0 saturated carbocycles. The monoisotopic (exact) mass is 472 g/mol. The number of halogens is 2. The van der Waals surface area contributed by atoms with Crippen LogP contribution in [-0.4, -0.2) is 22.4 Å². The van der Waals surface area contributed by atoms with Gasteiger partial charge in [-0.2, -0.15) is 0 Å². The molecule has 2 heterocycles. The van der Waals surface area contributed by atoms with E-state index in [9.17, 15) is 4.79 Å². The summed E-state index contributed by atoms with van der Waals surface area (Å²) >= 11 is 11.4. The highest BCUT2D eigenvalue weighted by Gasteiger charge is 2.21. The quantitative estimate of drug-likeness (QED) is 0.327. The Hall–Kier alpha value is -2.08. The Labute approximate surface area is 181 Å². The van der Waals surface area contributed by atoms with Crippen LogP contribution in [0.1, 0.15) is 21.6 Å². The average Bonchev–Trinajstić information content (AvgIpc) is 3.19. The largest absolute Gasteiger partial charge is 0.336 e. The molecular formula is C22H18BrClN2OS. The summed E-state index contributed by atoms with van der Waals surface area (Å²) in [5, 5.41) is 0.696. The Balaban J connectivity index is 1.69. The fourth-order valence-corrected chi connectivity index (χ4v) is 5.08. The number of amides is 1. The zero-order chi connectivity index (χ0) is 19.7. The lowest BCUT2D eigenvalue weighted by Gasteiger charge is -2.19. The van der Waals surface area contributed by atoms with Gasteiger partial charge < -0.3 is 9.47 Å². The van der Waals surface area contributed by atoms with E-state index in [1.807, 2.05) is 67.7 Å². The number of thiophene rings is 1. The normalized spacial score (nSPS) is 11.1. The second kappa shape index (κ2) is 8.11. The van der Waals surface area contributed by atoms with Crippen LogP contribution >= 0.6 is 38.9 Å². The zero-order valence-corrected chi connectivity index (χ0v) is 18.4. The fourth-order valence-electron chi connectivity index (χ4n) is 3.30. The molecular weight excluding hydrogens is 456 g/mol. The molecule has 2 aromatic heterocycles. The Morgan fingerprint density at radius 3 is 2.57 bits per heavy atom. The fraction of sp³-hybridized carbons (Fsp3) is 0.136. The van der Waals surface area contributed by atoms with Gasteiger partial charge >= 0.3 is 0 Å².